The van der Waals surface area contributed by atoms with Gasteiger partial charge in [-0.15, -0.1) is 0 Å². The molecule has 0 spiro atoms. The highest BCUT2D eigenvalue weighted by Crippen LogP contribution is 2.31. The van der Waals surface area contributed by atoms with Gasteiger partial charge in [-0.2, -0.15) is 0 Å². The van der Waals surface area contributed by atoms with E-state index in [4.69, 9.17) is 0 Å². The van der Waals surface area contributed by atoms with Crippen molar-refractivity contribution in [3.8, 4) is 0 Å². The molecule has 37 heavy (non-hydrogen) atoms. The fourth-order valence-electron chi connectivity index (χ4n) is 4.13. The van der Waals surface area contributed by atoms with E-state index in [0.717, 1.165) is 43.7 Å². The summed E-state index contributed by atoms with van der Waals surface area (Å²) in [5.41, 5.74) is 3.92. The number of anilines is 2. The largest absolute Gasteiger partial charge is 0.368 e. The van der Waals surface area contributed by atoms with E-state index < -0.39 is 15.8 Å². The molecule has 1 aliphatic rings. The summed E-state index contributed by atoms with van der Waals surface area (Å²) < 4.78 is 39.8. The van der Waals surface area contributed by atoms with Crippen LogP contribution in [0.15, 0.2) is 43.0 Å². The summed E-state index contributed by atoms with van der Waals surface area (Å²) in [6, 6.07) is 9.15. The van der Waals surface area contributed by atoms with Gasteiger partial charge in [0.05, 0.1) is 11.9 Å². The van der Waals surface area contributed by atoms with Crippen LogP contribution in [0.2, 0.25) is 0 Å². The second-order valence-corrected chi connectivity index (χ2v) is 12.2. The number of nitrogens with zero attached hydrogens (tertiary/aromatic N) is 2. The van der Waals surface area contributed by atoms with E-state index in [1.807, 2.05) is 6.08 Å². The first-order valence-corrected chi connectivity index (χ1v) is 14.1. The number of nitrogens with one attached hydrogen (secondary N) is 2. The van der Waals surface area contributed by atoms with Crippen molar-refractivity contribution >= 4 is 39.5 Å². The van der Waals surface area contributed by atoms with E-state index >= 15 is 0 Å². The number of piperazine rings is 1. The van der Waals surface area contributed by atoms with Gasteiger partial charge < -0.3 is 15.1 Å². The molecule has 1 aliphatic heterocycles. The van der Waals surface area contributed by atoms with Crippen LogP contribution in [0.1, 0.15) is 43.0 Å². The molecule has 9 heteroatoms. The summed E-state index contributed by atoms with van der Waals surface area (Å²) in [4.78, 5) is 17.3. The number of hydrogen-bond donors (Lipinski definition) is 2. The number of rotatable bonds is 8. The van der Waals surface area contributed by atoms with Gasteiger partial charge in [-0.05, 0) is 53.4 Å². The number of likely N-dealkylation sites (N-methyl/N-ethyl adjacent to an activating group) is 1. The number of benzene rings is 2. The van der Waals surface area contributed by atoms with Crippen LogP contribution in [0.4, 0.5) is 15.8 Å². The fourth-order valence-corrected chi connectivity index (χ4v) is 4.71. The van der Waals surface area contributed by atoms with Crippen LogP contribution in [0.3, 0.4) is 0 Å². The molecular weight excluding hydrogens is 491 g/mol. The molecule has 2 aromatic carbocycles. The molecule has 200 valence electrons. The molecule has 1 heterocycles. The van der Waals surface area contributed by atoms with E-state index in [1.54, 1.807) is 6.07 Å². The minimum absolute atomic E-state index is 0.00684. The van der Waals surface area contributed by atoms with Crippen LogP contribution in [-0.4, -0.2) is 58.7 Å². The van der Waals surface area contributed by atoms with Crippen molar-refractivity contribution in [2.45, 2.75) is 32.7 Å². The van der Waals surface area contributed by atoms with Gasteiger partial charge in [-0.1, -0.05) is 45.6 Å². The molecule has 0 aromatic heterocycles. The Hall–Kier alpha value is -3.17. The van der Waals surface area contributed by atoms with Crippen molar-refractivity contribution in [3.63, 3.8) is 0 Å². The third-order valence-electron chi connectivity index (χ3n) is 6.31. The zero-order valence-electron chi connectivity index (χ0n) is 22.3. The van der Waals surface area contributed by atoms with Crippen molar-refractivity contribution in [2.75, 3.05) is 49.1 Å². The summed E-state index contributed by atoms with van der Waals surface area (Å²) in [6.45, 7) is 14.0. The molecular formula is C28H37FN4O3S. The fraction of sp³-hybridized carbons (Fsp3) is 0.393. The summed E-state index contributed by atoms with van der Waals surface area (Å²) >= 11 is 0. The molecule has 0 aliphatic carbocycles. The predicted octanol–water partition coefficient (Wildman–Crippen LogP) is 4.22. The maximum Gasteiger partial charge on any atom is 0.244 e. The van der Waals surface area contributed by atoms with E-state index in [1.165, 1.54) is 23.8 Å². The lowest BCUT2D eigenvalue weighted by atomic mass is 9.86. The Labute approximate surface area is 220 Å². The molecule has 1 amide bonds. The highest BCUT2D eigenvalue weighted by atomic mass is 32.2. The topological polar surface area (TPSA) is 81.8 Å². The molecule has 2 N–H and O–H groups in total. The maximum atomic E-state index is 14.6. The smallest absolute Gasteiger partial charge is 0.244 e. The predicted molar refractivity (Wildman–Crippen MR) is 151 cm³/mol. The SMILES string of the molecule is C=Cc1cc(CNC(=O)/C=C/c2ccc(C(C)(C)C)cc2N2CCN(C)CC2)cc(F)c1NS(C)(=O)=O. The summed E-state index contributed by atoms with van der Waals surface area (Å²) in [5, 5.41) is 2.77. The van der Waals surface area contributed by atoms with Crippen molar-refractivity contribution in [3.05, 3.63) is 71.1 Å². The molecule has 1 saturated heterocycles. The number of carbonyl (C=O) groups is 1. The summed E-state index contributed by atoms with van der Waals surface area (Å²) in [5.74, 6) is -1.05. The molecule has 1 fully saturated rings. The van der Waals surface area contributed by atoms with E-state index in [-0.39, 0.29) is 23.6 Å². The molecule has 2 aromatic rings. The Morgan fingerprint density at radius 2 is 1.78 bits per heavy atom. The minimum Gasteiger partial charge on any atom is -0.368 e. The Kier molecular flexibility index (Phi) is 8.81. The van der Waals surface area contributed by atoms with Crippen LogP contribution >= 0.6 is 0 Å². The van der Waals surface area contributed by atoms with Gasteiger partial charge in [-0.3, -0.25) is 9.52 Å². The number of sulfonamides is 1. The molecule has 0 atom stereocenters. The van der Waals surface area contributed by atoms with Crippen molar-refractivity contribution < 1.29 is 17.6 Å². The third-order valence-corrected chi connectivity index (χ3v) is 6.88. The quantitative estimate of drug-likeness (QED) is 0.502. The highest BCUT2D eigenvalue weighted by molar-refractivity contribution is 7.92. The average molecular weight is 529 g/mol. The average Bonchev–Trinajstić information content (AvgIpc) is 2.82. The summed E-state index contributed by atoms with van der Waals surface area (Å²) in [6.07, 6.45) is 5.61. The van der Waals surface area contributed by atoms with Crippen LogP contribution < -0.4 is 14.9 Å². The minimum atomic E-state index is -3.65. The van der Waals surface area contributed by atoms with Crippen molar-refractivity contribution in [1.29, 1.82) is 0 Å². The lowest BCUT2D eigenvalue weighted by molar-refractivity contribution is -0.116. The lowest BCUT2D eigenvalue weighted by Gasteiger charge is -2.35. The molecule has 0 bridgehead atoms. The second kappa shape index (κ2) is 11.5. The first kappa shape index (κ1) is 28.4. The van der Waals surface area contributed by atoms with E-state index in [9.17, 15) is 17.6 Å². The number of hydrogen-bond acceptors (Lipinski definition) is 5. The number of carbonyl (C=O) groups excluding carboxylic acids is 1. The maximum absolute atomic E-state index is 14.6. The van der Waals surface area contributed by atoms with Crippen molar-refractivity contribution in [2.24, 2.45) is 0 Å². The van der Waals surface area contributed by atoms with Gasteiger partial charge in [0.15, 0.2) is 0 Å². The Balaban J connectivity index is 1.76. The Morgan fingerprint density at radius 3 is 2.38 bits per heavy atom. The van der Waals surface area contributed by atoms with Gasteiger partial charge >= 0.3 is 0 Å². The first-order chi connectivity index (χ1) is 17.3. The Morgan fingerprint density at radius 1 is 1.11 bits per heavy atom. The van der Waals surface area contributed by atoms with Crippen molar-refractivity contribution in [1.82, 2.24) is 10.2 Å². The van der Waals surface area contributed by atoms with Crippen LogP contribution in [-0.2, 0) is 26.8 Å². The normalized spacial score (nSPS) is 15.1. The Bertz CT molecular complexity index is 1290. The van der Waals surface area contributed by atoms with Gasteiger partial charge in [0, 0.05) is 50.1 Å². The van der Waals surface area contributed by atoms with Gasteiger partial charge in [0.1, 0.15) is 5.82 Å². The molecule has 3 rings (SSSR count). The molecule has 0 unspecified atom stereocenters. The summed E-state index contributed by atoms with van der Waals surface area (Å²) in [7, 11) is -1.53. The standard InChI is InChI=1S/C28H37FN4O3S/c1-7-21-16-20(17-24(29)27(21)31-37(6,35)36)19-30-26(34)11-9-22-8-10-23(28(2,3)4)18-25(22)33-14-12-32(5)13-15-33/h7-11,16-18,31H,1,12-15,19H2,2-6H3,(H,30,34)/b11-9+. The number of halogens is 1. The van der Waals surface area contributed by atoms with Gasteiger partial charge in [0.25, 0.3) is 0 Å². The zero-order chi connectivity index (χ0) is 27.4. The monoisotopic (exact) mass is 528 g/mol. The molecule has 0 saturated carbocycles. The second-order valence-electron chi connectivity index (χ2n) is 10.5. The zero-order valence-corrected chi connectivity index (χ0v) is 23.1. The van der Waals surface area contributed by atoms with E-state index in [0.29, 0.717) is 11.1 Å². The number of amides is 1. The third kappa shape index (κ3) is 7.90. The lowest BCUT2D eigenvalue weighted by Crippen LogP contribution is -2.44. The van der Waals surface area contributed by atoms with Gasteiger partial charge in [-0.25, -0.2) is 12.8 Å². The molecule has 0 radical (unpaired) electrons. The van der Waals surface area contributed by atoms with Crippen LogP contribution in [0, 0.1) is 5.82 Å². The van der Waals surface area contributed by atoms with Crippen LogP contribution in [0.5, 0.6) is 0 Å². The first-order valence-electron chi connectivity index (χ1n) is 12.2. The highest BCUT2D eigenvalue weighted by Gasteiger charge is 2.20. The van der Waals surface area contributed by atoms with E-state index in [2.05, 4.69) is 72.4 Å². The van der Waals surface area contributed by atoms with Crippen LogP contribution in [0.25, 0.3) is 12.2 Å². The van der Waals surface area contributed by atoms with Gasteiger partial charge in [0.2, 0.25) is 15.9 Å². The molecule has 7 nitrogen and oxygen atoms in total.